The van der Waals surface area contributed by atoms with E-state index >= 15 is 0 Å². The molecule has 0 spiro atoms. The minimum atomic E-state index is -0.828. The van der Waals surface area contributed by atoms with Gasteiger partial charge in [-0.05, 0) is 36.4 Å². The van der Waals surface area contributed by atoms with Gasteiger partial charge in [0.1, 0.15) is 11.6 Å². The molecule has 0 aliphatic carbocycles. The van der Waals surface area contributed by atoms with Crippen LogP contribution < -0.4 is 5.73 Å². The molecule has 1 atom stereocenters. The lowest BCUT2D eigenvalue weighted by Crippen LogP contribution is -2.15. The van der Waals surface area contributed by atoms with Crippen molar-refractivity contribution in [3.63, 3.8) is 0 Å². The molecule has 6 nitrogen and oxygen atoms in total. The van der Waals surface area contributed by atoms with Gasteiger partial charge in [0, 0.05) is 30.1 Å². The van der Waals surface area contributed by atoms with Crippen LogP contribution in [0.15, 0.2) is 47.8 Å². The summed E-state index contributed by atoms with van der Waals surface area (Å²) in [5.41, 5.74) is 8.91. The maximum atomic E-state index is 13.3. The van der Waals surface area contributed by atoms with Crippen molar-refractivity contribution in [2.45, 2.75) is 11.3 Å². The van der Waals surface area contributed by atoms with Gasteiger partial charge in [0.15, 0.2) is 5.16 Å². The summed E-state index contributed by atoms with van der Waals surface area (Å²) >= 11 is 1.33. The summed E-state index contributed by atoms with van der Waals surface area (Å²) in [6.45, 7) is -0.310. The Hall–Kier alpha value is -2.42. The van der Waals surface area contributed by atoms with Gasteiger partial charge >= 0.3 is 0 Å². The molecule has 2 heterocycles. The number of nitrogens with zero attached hydrogens (tertiary/aromatic N) is 3. The SMILES string of the molecule is Cn1c(SCC(O)CO)nc(-c2ccc(F)cc2)c1-c1ccnc(N)c1. The highest BCUT2D eigenvalue weighted by atomic mass is 32.2. The Morgan fingerprint density at radius 3 is 2.62 bits per heavy atom. The Morgan fingerprint density at radius 2 is 1.96 bits per heavy atom. The van der Waals surface area contributed by atoms with Crippen molar-refractivity contribution in [2.75, 3.05) is 18.1 Å². The van der Waals surface area contributed by atoms with Crippen molar-refractivity contribution in [3.05, 3.63) is 48.4 Å². The highest BCUT2D eigenvalue weighted by molar-refractivity contribution is 7.99. The lowest BCUT2D eigenvalue weighted by Gasteiger charge is -2.09. The number of aliphatic hydroxyl groups excluding tert-OH is 2. The normalized spacial score (nSPS) is 12.3. The number of aliphatic hydroxyl groups is 2. The van der Waals surface area contributed by atoms with Gasteiger partial charge in [-0.1, -0.05) is 11.8 Å². The Morgan fingerprint density at radius 1 is 1.23 bits per heavy atom. The average molecular weight is 374 g/mol. The van der Waals surface area contributed by atoms with E-state index in [1.54, 1.807) is 24.4 Å². The lowest BCUT2D eigenvalue weighted by molar-refractivity contribution is 0.113. The summed E-state index contributed by atoms with van der Waals surface area (Å²) in [6, 6.07) is 9.69. The van der Waals surface area contributed by atoms with Crippen molar-refractivity contribution in [1.29, 1.82) is 0 Å². The largest absolute Gasteiger partial charge is 0.394 e. The minimum Gasteiger partial charge on any atom is -0.394 e. The van der Waals surface area contributed by atoms with E-state index in [1.165, 1.54) is 23.9 Å². The van der Waals surface area contributed by atoms with E-state index in [1.807, 2.05) is 17.7 Å². The number of imidazole rings is 1. The molecule has 0 radical (unpaired) electrons. The smallest absolute Gasteiger partial charge is 0.168 e. The van der Waals surface area contributed by atoms with Gasteiger partial charge in [0.25, 0.3) is 0 Å². The molecule has 26 heavy (non-hydrogen) atoms. The molecule has 1 unspecified atom stereocenters. The van der Waals surface area contributed by atoms with Gasteiger partial charge in [-0.2, -0.15) is 0 Å². The molecule has 1 aromatic carbocycles. The molecule has 0 saturated carbocycles. The van der Waals surface area contributed by atoms with E-state index in [0.29, 0.717) is 22.4 Å². The monoisotopic (exact) mass is 374 g/mol. The maximum absolute atomic E-state index is 13.3. The third-order valence-corrected chi connectivity index (χ3v) is 5.02. The number of thioether (sulfide) groups is 1. The molecule has 0 bridgehead atoms. The molecule has 2 aromatic heterocycles. The molecular formula is C18H19FN4O2S. The first-order chi connectivity index (χ1) is 12.5. The zero-order valence-electron chi connectivity index (χ0n) is 14.1. The molecular weight excluding hydrogens is 355 g/mol. The Labute approximate surface area is 154 Å². The molecule has 3 rings (SSSR count). The summed E-state index contributed by atoms with van der Waals surface area (Å²) in [6.07, 6.45) is 0.792. The third-order valence-electron chi connectivity index (χ3n) is 3.84. The Balaban J connectivity index is 2.10. The van der Waals surface area contributed by atoms with Gasteiger partial charge in [-0.25, -0.2) is 14.4 Å². The van der Waals surface area contributed by atoms with Gasteiger partial charge in [-0.3, -0.25) is 0 Å². The number of hydrogen-bond donors (Lipinski definition) is 3. The van der Waals surface area contributed by atoms with Crippen molar-refractivity contribution in [1.82, 2.24) is 14.5 Å². The van der Waals surface area contributed by atoms with Crippen LogP contribution in [0.25, 0.3) is 22.5 Å². The molecule has 4 N–H and O–H groups in total. The van der Waals surface area contributed by atoms with E-state index < -0.39 is 6.10 Å². The predicted octanol–water partition coefficient (Wildman–Crippen LogP) is 2.32. The maximum Gasteiger partial charge on any atom is 0.168 e. The first kappa shape index (κ1) is 18.4. The molecule has 3 aromatic rings. The number of benzene rings is 1. The number of nitrogen functional groups attached to an aromatic ring is 1. The molecule has 0 aliphatic rings. The van der Waals surface area contributed by atoms with Gasteiger partial charge in [0.05, 0.1) is 24.1 Å². The van der Waals surface area contributed by atoms with E-state index in [2.05, 4.69) is 9.97 Å². The van der Waals surface area contributed by atoms with Crippen LogP contribution in [-0.4, -0.2) is 43.2 Å². The Bertz CT molecular complexity index is 899. The topological polar surface area (TPSA) is 97.2 Å². The zero-order valence-corrected chi connectivity index (χ0v) is 14.9. The molecule has 0 aliphatic heterocycles. The van der Waals surface area contributed by atoms with Crippen LogP contribution in [0.5, 0.6) is 0 Å². The van der Waals surface area contributed by atoms with Crippen LogP contribution in [0.4, 0.5) is 10.2 Å². The van der Waals surface area contributed by atoms with Crippen LogP contribution in [-0.2, 0) is 7.05 Å². The number of aromatic nitrogens is 3. The fourth-order valence-electron chi connectivity index (χ4n) is 2.57. The number of nitrogens with two attached hydrogens (primary N) is 1. The van der Waals surface area contributed by atoms with Gasteiger partial charge in [0.2, 0.25) is 0 Å². The molecule has 136 valence electrons. The van der Waals surface area contributed by atoms with Crippen LogP contribution in [0.2, 0.25) is 0 Å². The second kappa shape index (κ2) is 7.86. The second-order valence-corrected chi connectivity index (χ2v) is 6.76. The molecule has 0 fully saturated rings. The molecule has 0 amide bonds. The quantitative estimate of drug-likeness (QED) is 0.573. The van der Waals surface area contributed by atoms with Crippen LogP contribution in [0.3, 0.4) is 0 Å². The van der Waals surface area contributed by atoms with Crippen LogP contribution in [0.1, 0.15) is 0 Å². The first-order valence-electron chi connectivity index (χ1n) is 7.96. The summed E-state index contributed by atoms with van der Waals surface area (Å²) in [5, 5.41) is 19.3. The highest BCUT2D eigenvalue weighted by Gasteiger charge is 2.19. The Kier molecular flexibility index (Phi) is 5.55. The zero-order chi connectivity index (χ0) is 18.7. The standard InChI is InChI=1S/C18H19FN4O2S/c1-23-17(12-6-7-21-15(20)8-12)16(11-2-4-13(19)5-3-11)22-18(23)26-10-14(25)9-24/h2-8,14,24-25H,9-10H2,1H3,(H2,20,21). The average Bonchev–Trinajstić information content (AvgIpc) is 2.96. The van der Waals surface area contributed by atoms with Crippen molar-refractivity contribution in [2.24, 2.45) is 7.05 Å². The number of pyridine rings is 1. The summed E-state index contributed by atoms with van der Waals surface area (Å²) in [4.78, 5) is 8.69. The van der Waals surface area contributed by atoms with Gasteiger partial charge in [-0.15, -0.1) is 0 Å². The first-order valence-corrected chi connectivity index (χ1v) is 8.94. The van der Waals surface area contributed by atoms with E-state index in [4.69, 9.17) is 10.8 Å². The van der Waals surface area contributed by atoms with Crippen molar-refractivity contribution in [3.8, 4) is 22.5 Å². The van der Waals surface area contributed by atoms with Crippen molar-refractivity contribution < 1.29 is 14.6 Å². The van der Waals surface area contributed by atoms with Crippen molar-refractivity contribution >= 4 is 17.6 Å². The minimum absolute atomic E-state index is 0.308. The molecule has 8 heteroatoms. The summed E-state index contributed by atoms with van der Waals surface area (Å²) in [7, 11) is 1.86. The van der Waals surface area contributed by atoms with E-state index in [-0.39, 0.29) is 12.4 Å². The van der Waals surface area contributed by atoms with E-state index in [9.17, 15) is 9.50 Å². The summed E-state index contributed by atoms with van der Waals surface area (Å²) < 4.78 is 15.2. The molecule has 0 saturated heterocycles. The number of anilines is 1. The summed E-state index contributed by atoms with van der Waals surface area (Å²) in [5.74, 6) is 0.376. The lowest BCUT2D eigenvalue weighted by atomic mass is 10.1. The second-order valence-electron chi connectivity index (χ2n) is 5.77. The fourth-order valence-corrected chi connectivity index (χ4v) is 3.45. The predicted molar refractivity (Wildman–Crippen MR) is 100 cm³/mol. The van der Waals surface area contributed by atoms with E-state index in [0.717, 1.165) is 16.8 Å². The van der Waals surface area contributed by atoms with Gasteiger partial charge < -0.3 is 20.5 Å². The fraction of sp³-hybridized carbons (Fsp3) is 0.222. The number of rotatable bonds is 6. The number of halogens is 1. The van der Waals surface area contributed by atoms with Crippen LogP contribution >= 0.6 is 11.8 Å². The highest BCUT2D eigenvalue weighted by Crippen LogP contribution is 2.35. The van der Waals surface area contributed by atoms with Crippen LogP contribution in [0, 0.1) is 5.82 Å². The number of hydrogen-bond acceptors (Lipinski definition) is 6. The third kappa shape index (κ3) is 3.87.